The average molecular weight is 206 g/mol. The Labute approximate surface area is 84.3 Å². The Morgan fingerprint density at radius 1 is 1.31 bits per heavy atom. The first kappa shape index (κ1) is 10.8. The third kappa shape index (κ3) is 1.67. The maximum absolute atomic E-state index is 10.8. The number of carboxylic acids is 1. The van der Waals surface area contributed by atoms with Gasteiger partial charge >= 0.3 is 5.97 Å². The van der Waals surface area contributed by atoms with Crippen LogP contribution in [0.15, 0.2) is 0 Å². The molecule has 1 saturated carbocycles. The lowest BCUT2D eigenvalue weighted by atomic mass is 9.56. The van der Waals surface area contributed by atoms with Crippen LogP contribution in [0.5, 0.6) is 0 Å². The zero-order valence-electron chi connectivity index (χ0n) is 7.58. The van der Waals surface area contributed by atoms with Crippen LogP contribution in [0.2, 0.25) is 0 Å². The highest BCUT2D eigenvalue weighted by molar-refractivity contribution is 5.85. The van der Waals surface area contributed by atoms with E-state index in [1.165, 1.54) is 0 Å². The molecule has 76 valence electrons. The maximum atomic E-state index is 10.8. The summed E-state index contributed by atoms with van der Waals surface area (Å²) in [7, 11) is 0. The van der Waals surface area contributed by atoms with Crippen LogP contribution in [0.25, 0.3) is 0 Å². The van der Waals surface area contributed by atoms with Crippen molar-refractivity contribution in [3.05, 3.63) is 0 Å². The van der Waals surface area contributed by atoms with Gasteiger partial charge in [-0.15, -0.1) is 12.4 Å². The van der Waals surface area contributed by atoms with Crippen LogP contribution in [0.1, 0.15) is 25.7 Å². The van der Waals surface area contributed by atoms with Crippen molar-refractivity contribution >= 4 is 18.4 Å². The third-order valence-corrected chi connectivity index (χ3v) is 3.57. The van der Waals surface area contributed by atoms with Gasteiger partial charge in [0, 0.05) is 0 Å². The molecule has 1 saturated heterocycles. The maximum Gasteiger partial charge on any atom is 0.307 e. The second-order valence-corrected chi connectivity index (χ2v) is 4.04. The molecule has 1 unspecified atom stereocenters. The number of hydrogen-bond donors (Lipinski definition) is 2. The largest absolute Gasteiger partial charge is 0.481 e. The molecule has 1 atom stereocenters. The van der Waals surface area contributed by atoms with Crippen molar-refractivity contribution in [2.75, 3.05) is 13.1 Å². The Bertz CT molecular complexity index is 202. The predicted octanol–water partition coefficient (Wildman–Crippen LogP) is 1.27. The van der Waals surface area contributed by atoms with E-state index in [9.17, 15) is 4.79 Å². The molecule has 2 fully saturated rings. The summed E-state index contributed by atoms with van der Waals surface area (Å²) in [6.07, 6.45) is 4.15. The number of rotatable bonds is 1. The van der Waals surface area contributed by atoms with Crippen LogP contribution in [-0.4, -0.2) is 24.2 Å². The fourth-order valence-electron chi connectivity index (χ4n) is 2.61. The van der Waals surface area contributed by atoms with E-state index in [0.29, 0.717) is 0 Å². The van der Waals surface area contributed by atoms with E-state index in [1.807, 2.05) is 0 Å². The number of piperidine rings is 1. The van der Waals surface area contributed by atoms with Crippen molar-refractivity contribution in [2.45, 2.75) is 25.7 Å². The van der Waals surface area contributed by atoms with Crippen molar-refractivity contribution in [3.63, 3.8) is 0 Å². The van der Waals surface area contributed by atoms with Gasteiger partial charge in [-0.05, 0) is 44.2 Å². The second kappa shape index (κ2) is 3.84. The van der Waals surface area contributed by atoms with Crippen LogP contribution in [-0.2, 0) is 4.79 Å². The number of carboxylic acid groups (broad SMARTS) is 1. The molecule has 2 rings (SSSR count). The first-order valence-electron chi connectivity index (χ1n) is 4.68. The molecule has 0 aromatic carbocycles. The molecule has 0 radical (unpaired) electrons. The molecule has 1 heterocycles. The summed E-state index contributed by atoms with van der Waals surface area (Å²) in [6.45, 7) is 2.01. The van der Waals surface area contributed by atoms with Crippen LogP contribution in [0.3, 0.4) is 0 Å². The van der Waals surface area contributed by atoms with E-state index in [-0.39, 0.29) is 23.7 Å². The van der Waals surface area contributed by atoms with Gasteiger partial charge in [0.25, 0.3) is 0 Å². The molecule has 0 aromatic heterocycles. The van der Waals surface area contributed by atoms with E-state index >= 15 is 0 Å². The standard InChI is InChI=1S/C9H15NO2.ClH/c11-8(12)7-1-2-9(7)3-5-10-6-4-9;/h7,10H,1-6H2,(H,11,12);1H. The van der Waals surface area contributed by atoms with Gasteiger partial charge in [0.2, 0.25) is 0 Å². The quantitative estimate of drug-likeness (QED) is 0.678. The minimum Gasteiger partial charge on any atom is -0.481 e. The number of aliphatic carboxylic acids is 1. The highest BCUT2D eigenvalue weighted by atomic mass is 35.5. The van der Waals surface area contributed by atoms with E-state index in [2.05, 4.69) is 5.32 Å². The summed E-state index contributed by atoms with van der Waals surface area (Å²) in [4.78, 5) is 10.8. The molecule has 1 spiro atoms. The fraction of sp³-hybridized carbons (Fsp3) is 0.889. The Hall–Kier alpha value is -0.280. The van der Waals surface area contributed by atoms with Crippen molar-refractivity contribution in [3.8, 4) is 0 Å². The summed E-state index contributed by atoms with van der Waals surface area (Å²) >= 11 is 0. The fourth-order valence-corrected chi connectivity index (χ4v) is 2.61. The van der Waals surface area contributed by atoms with Gasteiger partial charge in [0.15, 0.2) is 0 Å². The first-order valence-corrected chi connectivity index (χ1v) is 4.68. The minimum absolute atomic E-state index is 0. The predicted molar refractivity (Wildman–Crippen MR) is 52.1 cm³/mol. The molecule has 0 bridgehead atoms. The zero-order valence-corrected chi connectivity index (χ0v) is 8.40. The molecule has 0 amide bonds. The van der Waals surface area contributed by atoms with E-state index in [1.54, 1.807) is 0 Å². The monoisotopic (exact) mass is 205 g/mol. The van der Waals surface area contributed by atoms with E-state index in [0.717, 1.165) is 38.8 Å². The molecule has 3 nitrogen and oxygen atoms in total. The highest BCUT2D eigenvalue weighted by Crippen LogP contribution is 2.52. The van der Waals surface area contributed by atoms with Gasteiger partial charge in [-0.1, -0.05) is 0 Å². The van der Waals surface area contributed by atoms with Crippen molar-refractivity contribution < 1.29 is 9.90 Å². The SMILES string of the molecule is Cl.O=C(O)C1CCC12CCNCC2. The summed E-state index contributed by atoms with van der Waals surface area (Å²) in [5.41, 5.74) is 0.178. The number of hydrogen-bond acceptors (Lipinski definition) is 2. The van der Waals surface area contributed by atoms with E-state index in [4.69, 9.17) is 5.11 Å². The molecule has 1 aliphatic carbocycles. The van der Waals surface area contributed by atoms with Crippen LogP contribution < -0.4 is 5.32 Å². The van der Waals surface area contributed by atoms with Crippen LogP contribution >= 0.6 is 12.4 Å². The second-order valence-electron chi connectivity index (χ2n) is 4.04. The smallest absolute Gasteiger partial charge is 0.307 e. The summed E-state index contributed by atoms with van der Waals surface area (Å²) in [6, 6.07) is 0. The average Bonchev–Trinajstić information content (AvgIpc) is 2.03. The Kier molecular flexibility index (Phi) is 3.19. The summed E-state index contributed by atoms with van der Waals surface area (Å²) < 4.78 is 0. The lowest BCUT2D eigenvalue weighted by Gasteiger charge is -2.50. The number of halogens is 1. The highest BCUT2D eigenvalue weighted by Gasteiger charge is 2.50. The van der Waals surface area contributed by atoms with Gasteiger partial charge in [-0.25, -0.2) is 0 Å². The number of nitrogens with one attached hydrogen (secondary N) is 1. The molecular formula is C9H16ClNO2. The van der Waals surface area contributed by atoms with Crippen molar-refractivity contribution in [1.29, 1.82) is 0 Å². The minimum atomic E-state index is -0.580. The lowest BCUT2D eigenvalue weighted by Crippen LogP contribution is -2.50. The van der Waals surface area contributed by atoms with E-state index < -0.39 is 5.97 Å². The zero-order chi connectivity index (χ0) is 8.60. The molecule has 4 heteroatoms. The Morgan fingerprint density at radius 2 is 1.92 bits per heavy atom. The third-order valence-electron chi connectivity index (χ3n) is 3.57. The Balaban J connectivity index is 0.000000845. The molecule has 1 aliphatic heterocycles. The summed E-state index contributed by atoms with van der Waals surface area (Å²) in [5, 5.41) is 12.2. The molecule has 2 aliphatic rings. The normalized spacial score (nSPS) is 30.3. The first-order chi connectivity index (χ1) is 5.75. The van der Waals surface area contributed by atoms with Gasteiger partial charge in [0.05, 0.1) is 5.92 Å². The lowest BCUT2D eigenvalue weighted by molar-refractivity contribution is -0.156. The molecule has 13 heavy (non-hydrogen) atoms. The molecule has 0 aromatic rings. The topological polar surface area (TPSA) is 49.3 Å². The van der Waals surface area contributed by atoms with Gasteiger partial charge < -0.3 is 10.4 Å². The van der Waals surface area contributed by atoms with Gasteiger partial charge in [-0.3, -0.25) is 4.79 Å². The van der Waals surface area contributed by atoms with Crippen LogP contribution in [0, 0.1) is 11.3 Å². The molecule has 2 N–H and O–H groups in total. The molecular weight excluding hydrogens is 190 g/mol. The Morgan fingerprint density at radius 3 is 2.31 bits per heavy atom. The van der Waals surface area contributed by atoms with Gasteiger partial charge in [-0.2, -0.15) is 0 Å². The van der Waals surface area contributed by atoms with Gasteiger partial charge in [0.1, 0.15) is 0 Å². The number of carbonyl (C=O) groups is 1. The van der Waals surface area contributed by atoms with Crippen molar-refractivity contribution in [2.24, 2.45) is 11.3 Å². The van der Waals surface area contributed by atoms with Crippen LogP contribution in [0.4, 0.5) is 0 Å². The van der Waals surface area contributed by atoms with Crippen molar-refractivity contribution in [1.82, 2.24) is 5.32 Å². The summed E-state index contributed by atoms with van der Waals surface area (Å²) in [5.74, 6) is -0.622.